The maximum atomic E-state index is 11.4. The Morgan fingerprint density at radius 2 is 2.57 bits per heavy atom. The highest BCUT2D eigenvalue weighted by atomic mass is 16.6. The smallest absolute Gasteiger partial charge is 0.410 e. The summed E-state index contributed by atoms with van der Waals surface area (Å²) in [4.78, 5) is 13.1. The van der Waals surface area contributed by atoms with Gasteiger partial charge in [0.2, 0.25) is 0 Å². The molecule has 76 valence electrons. The van der Waals surface area contributed by atoms with Crippen LogP contribution in [0.1, 0.15) is 18.2 Å². The van der Waals surface area contributed by atoms with Crippen molar-refractivity contribution in [1.29, 1.82) is 0 Å². The average Bonchev–Trinajstić information content (AvgIpc) is 2.64. The molecule has 1 aromatic rings. The highest BCUT2D eigenvalue weighted by molar-refractivity contribution is 5.67. The van der Waals surface area contributed by atoms with E-state index in [0.717, 1.165) is 12.2 Å². The minimum Gasteiger partial charge on any atom is -0.467 e. The van der Waals surface area contributed by atoms with Crippen LogP contribution >= 0.6 is 0 Å². The van der Waals surface area contributed by atoms with E-state index in [4.69, 9.17) is 9.15 Å². The van der Waals surface area contributed by atoms with Crippen LogP contribution in [0.2, 0.25) is 0 Å². The Labute approximate surface area is 82.4 Å². The van der Waals surface area contributed by atoms with Crippen molar-refractivity contribution in [2.45, 2.75) is 19.9 Å². The van der Waals surface area contributed by atoms with Gasteiger partial charge in [-0.3, -0.25) is 0 Å². The third-order valence-corrected chi connectivity index (χ3v) is 2.35. The molecular formula is C10H13NO3. The lowest BCUT2D eigenvalue weighted by molar-refractivity contribution is 0.0991. The van der Waals surface area contributed by atoms with Gasteiger partial charge in [-0.05, 0) is 25.0 Å². The second-order valence-corrected chi connectivity index (χ2v) is 3.24. The van der Waals surface area contributed by atoms with E-state index in [9.17, 15) is 4.79 Å². The first-order valence-corrected chi connectivity index (χ1v) is 4.78. The Morgan fingerprint density at radius 1 is 1.71 bits per heavy atom. The Bertz CT molecular complexity index is 332. The van der Waals surface area contributed by atoms with Gasteiger partial charge >= 0.3 is 6.09 Å². The predicted octanol–water partition coefficient (Wildman–Crippen LogP) is 1.79. The van der Waals surface area contributed by atoms with Gasteiger partial charge in [0.1, 0.15) is 5.76 Å². The fourth-order valence-corrected chi connectivity index (χ4v) is 1.61. The Hall–Kier alpha value is -1.45. The van der Waals surface area contributed by atoms with Crippen molar-refractivity contribution in [2.24, 2.45) is 0 Å². The molecule has 4 nitrogen and oxygen atoms in total. The molecule has 1 aliphatic heterocycles. The van der Waals surface area contributed by atoms with Crippen LogP contribution in [0.25, 0.3) is 0 Å². The van der Waals surface area contributed by atoms with Crippen LogP contribution in [-0.4, -0.2) is 24.1 Å². The van der Waals surface area contributed by atoms with Crippen LogP contribution in [0.3, 0.4) is 0 Å². The van der Waals surface area contributed by atoms with Crippen molar-refractivity contribution in [3.63, 3.8) is 0 Å². The Balaban J connectivity index is 2.04. The molecule has 14 heavy (non-hydrogen) atoms. The number of carbonyl (C=O) groups excluding carboxylic acids is 1. The average molecular weight is 195 g/mol. The summed E-state index contributed by atoms with van der Waals surface area (Å²) in [6.45, 7) is 3.47. The van der Waals surface area contributed by atoms with Crippen molar-refractivity contribution in [1.82, 2.24) is 4.90 Å². The zero-order chi connectivity index (χ0) is 9.97. The number of rotatable bonds is 1. The van der Waals surface area contributed by atoms with E-state index in [1.807, 2.05) is 6.07 Å². The van der Waals surface area contributed by atoms with E-state index >= 15 is 0 Å². The number of fused-ring (bicyclic) bond motifs is 1. The summed E-state index contributed by atoms with van der Waals surface area (Å²) in [5.41, 5.74) is 1.20. The molecule has 4 heteroatoms. The van der Waals surface area contributed by atoms with E-state index in [1.165, 1.54) is 5.56 Å². The molecule has 2 rings (SSSR count). The fourth-order valence-electron chi connectivity index (χ4n) is 1.61. The van der Waals surface area contributed by atoms with E-state index in [-0.39, 0.29) is 6.09 Å². The predicted molar refractivity (Wildman–Crippen MR) is 49.8 cm³/mol. The third-order valence-electron chi connectivity index (χ3n) is 2.35. The lowest BCUT2D eigenvalue weighted by atomic mass is 10.1. The van der Waals surface area contributed by atoms with Gasteiger partial charge in [0.05, 0.1) is 19.4 Å². The second kappa shape index (κ2) is 3.74. The first-order chi connectivity index (χ1) is 6.81. The summed E-state index contributed by atoms with van der Waals surface area (Å²) in [5.74, 6) is 0.879. The number of amides is 1. The van der Waals surface area contributed by atoms with Gasteiger partial charge in [-0.25, -0.2) is 4.79 Å². The van der Waals surface area contributed by atoms with Crippen LogP contribution in [0, 0.1) is 0 Å². The zero-order valence-electron chi connectivity index (χ0n) is 8.16. The number of hydrogen-bond donors (Lipinski definition) is 0. The zero-order valence-corrected chi connectivity index (χ0v) is 8.16. The molecule has 0 fully saturated rings. The van der Waals surface area contributed by atoms with Gasteiger partial charge in [0.25, 0.3) is 0 Å². The lowest BCUT2D eigenvalue weighted by Gasteiger charge is -2.24. The number of hydrogen-bond acceptors (Lipinski definition) is 3. The molecular weight excluding hydrogens is 182 g/mol. The monoisotopic (exact) mass is 195 g/mol. The molecule has 0 atom stereocenters. The summed E-state index contributed by atoms with van der Waals surface area (Å²) >= 11 is 0. The Kier molecular flexibility index (Phi) is 2.43. The van der Waals surface area contributed by atoms with Gasteiger partial charge in [0.15, 0.2) is 0 Å². The second-order valence-electron chi connectivity index (χ2n) is 3.24. The topological polar surface area (TPSA) is 42.7 Å². The van der Waals surface area contributed by atoms with Crippen LogP contribution < -0.4 is 0 Å². The van der Waals surface area contributed by atoms with Crippen LogP contribution in [0.15, 0.2) is 16.7 Å². The molecule has 0 unspecified atom stereocenters. The standard InChI is InChI=1S/C10H13NO3/c1-2-13-10(12)11-5-3-8-4-6-14-9(8)7-11/h4,6H,2-3,5,7H2,1H3. The summed E-state index contributed by atoms with van der Waals surface area (Å²) in [6.07, 6.45) is 2.26. The minimum absolute atomic E-state index is 0.255. The molecule has 0 saturated heterocycles. The van der Waals surface area contributed by atoms with E-state index < -0.39 is 0 Å². The molecule has 0 spiro atoms. The number of ether oxygens (including phenoxy) is 1. The van der Waals surface area contributed by atoms with E-state index in [2.05, 4.69) is 0 Å². The summed E-state index contributed by atoms with van der Waals surface area (Å²) < 4.78 is 10.2. The highest BCUT2D eigenvalue weighted by Gasteiger charge is 2.23. The van der Waals surface area contributed by atoms with E-state index in [1.54, 1.807) is 18.1 Å². The summed E-state index contributed by atoms with van der Waals surface area (Å²) in [5, 5.41) is 0. The molecule has 0 bridgehead atoms. The minimum atomic E-state index is -0.255. The molecule has 1 aromatic heterocycles. The van der Waals surface area contributed by atoms with Crippen LogP contribution in [0.4, 0.5) is 4.79 Å². The van der Waals surface area contributed by atoms with Crippen molar-refractivity contribution >= 4 is 6.09 Å². The lowest BCUT2D eigenvalue weighted by Crippen LogP contribution is -2.35. The molecule has 0 N–H and O–H groups in total. The van der Waals surface area contributed by atoms with Crippen molar-refractivity contribution < 1.29 is 13.9 Å². The van der Waals surface area contributed by atoms with Crippen molar-refractivity contribution in [3.05, 3.63) is 23.7 Å². The SMILES string of the molecule is CCOC(=O)N1CCc2ccoc2C1. The maximum absolute atomic E-state index is 11.4. The van der Waals surface area contributed by atoms with Gasteiger partial charge < -0.3 is 14.1 Å². The van der Waals surface area contributed by atoms with Crippen LogP contribution in [0.5, 0.6) is 0 Å². The number of furan rings is 1. The van der Waals surface area contributed by atoms with Gasteiger partial charge in [0, 0.05) is 6.54 Å². The fraction of sp³-hybridized carbons (Fsp3) is 0.500. The summed E-state index contributed by atoms with van der Waals surface area (Å²) in [7, 11) is 0. The normalized spacial score (nSPS) is 15.1. The molecule has 1 aliphatic rings. The van der Waals surface area contributed by atoms with Gasteiger partial charge in [-0.1, -0.05) is 0 Å². The maximum Gasteiger partial charge on any atom is 0.410 e. The molecule has 1 amide bonds. The first kappa shape index (κ1) is 9.12. The molecule has 0 aromatic carbocycles. The molecule has 0 saturated carbocycles. The molecule has 2 heterocycles. The Morgan fingerprint density at radius 3 is 3.36 bits per heavy atom. The van der Waals surface area contributed by atoms with Gasteiger partial charge in [-0.2, -0.15) is 0 Å². The number of nitrogens with zero attached hydrogens (tertiary/aromatic N) is 1. The summed E-state index contributed by atoms with van der Waals surface area (Å²) in [6, 6.07) is 1.96. The van der Waals surface area contributed by atoms with E-state index in [0.29, 0.717) is 19.7 Å². The van der Waals surface area contributed by atoms with Crippen molar-refractivity contribution in [2.75, 3.05) is 13.2 Å². The third kappa shape index (κ3) is 1.60. The van der Waals surface area contributed by atoms with Crippen LogP contribution in [-0.2, 0) is 17.7 Å². The quantitative estimate of drug-likeness (QED) is 0.686. The van der Waals surface area contributed by atoms with Gasteiger partial charge in [-0.15, -0.1) is 0 Å². The molecule has 0 aliphatic carbocycles. The first-order valence-electron chi connectivity index (χ1n) is 4.78. The number of carbonyl (C=O) groups is 1. The van der Waals surface area contributed by atoms with Crippen molar-refractivity contribution in [3.8, 4) is 0 Å². The molecule has 0 radical (unpaired) electrons. The highest BCUT2D eigenvalue weighted by Crippen LogP contribution is 2.19. The largest absolute Gasteiger partial charge is 0.467 e.